The maximum Gasteiger partial charge on any atom is 0.306 e. The molecule has 0 fully saturated rings. The van der Waals surface area contributed by atoms with E-state index in [2.05, 4.69) is 16.8 Å². The van der Waals surface area contributed by atoms with Crippen molar-refractivity contribution in [2.24, 2.45) is 5.92 Å². The number of halogens is 1. The molecule has 0 saturated carbocycles. The molecule has 0 bridgehead atoms. The van der Waals surface area contributed by atoms with Crippen LogP contribution in [0.5, 0.6) is 5.75 Å². The van der Waals surface area contributed by atoms with Gasteiger partial charge in [0.1, 0.15) is 12.4 Å². The van der Waals surface area contributed by atoms with Gasteiger partial charge in [0.15, 0.2) is 5.82 Å². The van der Waals surface area contributed by atoms with Crippen molar-refractivity contribution in [3.05, 3.63) is 76.6 Å². The summed E-state index contributed by atoms with van der Waals surface area (Å²) in [6.45, 7) is 7.41. The molecule has 1 unspecified atom stereocenters. The van der Waals surface area contributed by atoms with Gasteiger partial charge in [-0.1, -0.05) is 30.7 Å². The number of benzene rings is 2. The summed E-state index contributed by atoms with van der Waals surface area (Å²) in [5.41, 5.74) is 4.24. The summed E-state index contributed by atoms with van der Waals surface area (Å²) in [5.74, 6) is 1.64. The minimum atomic E-state index is -0.124. The maximum atomic E-state index is 11.7. The number of rotatable bonds is 9. The molecule has 4 rings (SSSR count). The van der Waals surface area contributed by atoms with E-state index in [1.807, 2.05) is 61.7 Å². The van der Waals surface area contributed by atoms with Gasteiger partial charge in [0, 0.05) is 54.8 Å². The van der Waals surface area contributed by atoms with Crippen molar-refractivity contribution in [3.8, 4) is 17.1 Å². The van der Waals surface area contributed by atoms with E-state index in [9.17, 15) is 4.79 Å². The van der Waals surface area contributed by atoms with Crippen LogP contribution in [-0.4, -0.2) is 40.5 Å². The first-order valence-electron chi connectivity index (χ1n) is 11.7. The molecule has 2 aromatic carbocycles. The smallest absolute Gasteiger partial charge is 0.306 e. The Balaban J connectivity index is 1.33. The zero-order valence-corrected chi connectivity index (χ0v) is 20.4. The molecule has 0 N–H and O–H groups in total. The largest absolute Gasteiger partial charge is 0.489 e. The van der Waals surface area contributed by atoms with Crippen LogP contribution in [-0.2, 0) is 29.1 Å². The van der Waals surface area contributed by atoms with Crippen LogP contribution >= 0.6 is 11.6 Å². The standard InChI is InChI=1S/C27H30ClN3O3/c1-3-33-26(32)13-19(2)16-31-12-11-25-22(17-31)15-29-27(30-25)21-7-9-24(10-8-21)34-18-20-5-4-6-23(28)14-20/h4-10,14-15,19H,3,11-13,16-18H2,1-2H3. The number of hydrogen-bond acceptors (Lipinski definition) is 6. The van der Waals surface area contributed by atoms with Crippen molar-refractivity contribution in [1.82, 2.24) is 14.9 Å². The highest BCUT2D eigenvalue weighted by Gasteiger charge is 2.21. The van der Waals surface area contributed by atoms with Gasteiger partial charge in [0.05, 0.1) is 12.3 Å². The maximum absolute atomic E-state index is 11.7. The van der Waals surface area contributed by atoms with Crippen molar-refractivity contribution in [1.29, 1.82) is 0 Å². The van der Waals surface area contributed by atoms with Gasteiger partial charge in [0.25, 0.3) is 0 Å². The number of aromatic nitrogens is 2. The van der Waals surface area contributed by atoms with Crippen LogP contribution in [0, 0.1) is 5.92 Å². The number of hydrogen-bond donors (Lipinski definition) is 0. The monoisotopic (exact) mass is 479 g/mol. The van der Waals surface area contributed by atoms with Gasteiger partial charge in [-0.3, -0.25) is 9.69 Å². The highest BCUT2D eigenvalue weighted by molar-refractivity contribution is 6.30. The first-order chi connectivity index (χ1) is 16.5. The molecule has 1 aliphatic heterocycles. The Morgan fingerprint density at radius 3 is 2.79 bits per heavy atom. The van der Waals surface area contributed by atoms with E-state index in [1.165, 1.54) is 0 Å². The molecule has 1 aliphatic rings. The van der Waals surface area contributed by atoms with Gasteiger partial charge < -0.3 is 9.47 Å². The summed E-state index contributed by atoms with van der Waals surface area (Å²) >= 11 is 6.04. The number of carbonyl (C=O) groups excluding carboxylic acids is 1. The number of carbonyl (C=O) groups is 1. The molecule has 0 spiro atoms. The lowest BCUT2D eigenvalue weighted by Gasteiger charge is -2.30. The van der Waals surface area contributed by atoms with Gasteiger partial charge in [0.2, 0.25) is 0 Å². The third-order valence-corrected chi connectivity index (χ3v) is 6.05. The van der Waals surface area contributed by atoms with Gasteiger partial charge in [-0.15, -0.1) is 0 Å². The zero-order valence-electron chi connectivity index (χ0n) is 19.7. The van der Waals surface area contributed by atoms with Crippen molar-refractivity contribution in [2.45, 2.75) is 39.8 Å². The molecule has 0 saturated heterocycles. The fourth-order valence-electron chi connectivity index (χ4n) is 4.17. The minimum absolute atomic E-state index is 0.124. The van der Waals surface area contributed by atoms with E-state index in [1.54, 1.807) is 0 Å². The quantitative estimate of drug-likeness (QED) is 0.387. The van der Waals surface area contributed by atoms with Crippen molar-refractivity contribution < 1.29 is 14.3 Å². The molecule has 0 radical (unpaired) electrons. The molecular formula is C27H30ClN3O3. The van der Waals surface area contributed by atoms with Gasteiger partial charge >= 0.3 is 5.97 Å². The van der Waals surface area contributed by atoms with E-state index in [-0.39, 0.29) is 11.9 Å². The highest BCUT2D eigenvalue weighted by Crippen LogP contribution is 2.24. The van der Waals surface area contributed by atoms with E-state index in [0.717, 1.165) is 60.0 Å². The van der Waals surface area contributed by atoms with Crippen molar-refractivity contribution >= 4 is 17.6 Å². The van der Waals surface area contributed by atoms with Crippen molar-refractivity contribution in [2.75, 3.05) is 19.7 Å². The first kappa shape index (κ1) is 24.2. The van der Waals surface area contributed by atoms with Crippen LogP contribution in [0.1, 0.15) is 37.1 Å². The lowest BCUT2D eigenvalue weighted by molar-refractivity contribution is -0.144. The topological polar surface area (TPSA) is 64.5 Å². The fraction of sp³-hybridized carbons (Fsp3) is 0.370. The fourth-order valence-corrected chi connectivity index (χ4v) is 4.39. The summed E-state index contributed by atoms with van der Waals surface area (Å²) in [5, 5.41) is 0.704. The summed E-state index contributed by atoms with van der Waals surface area (Å²) in [6, 6.07) is 15.5. The Morgan fingerprint density at radius 1 is 1.21 bits per heavy atom. The zero-order chi connectivity index (χ0) is 23.9. The number of ether oxygens (including phenoxy) is 2. The van der Waals surface area contributed by atoms with Gasteiger partial charge in [-0.05, 0) is 54.8 Å². The molecule has 2 heterocycles. The minimum Gasteiger partial charge on any atom is -0.489 e. The Kier molecular flexibility index (Phi) is 8.14. The first-order valence-corrected chi connectivity index (χ1v) is 12.1. The van der Waals surface area contributed by atoms with Crippen molar-refractivity contribution in [3.63, 3.8) is 0 Å². The van der Waals surface area contributed by atoms with Gasteiger partial charge in [-0.2, -0.15) is 0 Å². The molecule has 7 heteroatoms. The molecule has 1 aromatic heterocycles. The Morgan fingerprint density at radius 2 is 2.03 bits per heavy atom. The van der Waals surface area contributed by atoms with E-state index in [0.29, 0.717) is 24.7 Å². The van der Waals surface area contributed by atoms with Gasteiger partial charge in [-0.25, -0.2) is 9.97 Å². The Labute approximate surface area is 205 Å². The second-order valence-corrected chi connectivity index (χ2v) is 9.14. The molecule has 0 amide bonds. The molecule has 0 aliphatic carbocycles. The van der Waals surface area contributed by atoms with E-state index in [4.69, 9.17) is 26.1 Å². The van der Waals surface area contributed by atoms with Crippen LogP contribution in [0.25, 0.3) is 11.4 Å². The summed E-state index contributed by atoms with van der Waals surface area (Å²) < 4.78 is 10.9. The predicted molar refractivity (Wildman–Crippen MR) is 133 cm³/mol. The lowest BCUT2D eigenvalue weighted by Crippen LogP contribution is -2.35. The molecular weight excluding hydrogens is 450 g/mol. The second-order valence-electron chi connectivity index (χ2n) is 8.71. The summed E-state index contributed by atoms with van der Waals surface area (Å²) in [6.07, 6.45) is 3.26. The van der Waals surface area contributed by atoms with Crippen LogP contribution in [0.2, 0.25) is 5.02 Å². The molecule has 3 aromatic rings. The number of nitrogens with zero attached hydrogens (tertiary/aromatic N) is 3. The third-order valence-electron chi connectivity index (χ3n) is 5.81. The lowest BCUT2D eigenvalue weighted by atomic mass is 10.0. The molecule has 178 valence electrons. The average molecular weight is 480 g/mol. The molecule has 1 atom stereocenters. The normalized spacial score (nSPS) is 14.3. The second kappa shape index (κ2) is 11.4. The van der Waals surface area contributed by atoms with E-state index >= 15 is 0 Å². The molecule has 6 nitrogen and oxygen atoms in total. The molecule has 34 heavy (non-hydrogen) atoms. The summed E-state index contributed by atoms with van der Waals surface area (Å²) in [7, 11) is 0. The van der Waals surface area contributed by atoms with E-state index < -0.39 is 0 Å². The third kappa shape index (κ3) is 6.55. The SMILES string of the molecule is CCOC(=O)CC(C)CN1CCc2nc(-c3ccc(OCc4cccc(Cl)c4)cc3)ncc2C1. The highest BCUT2D eigenvalue weighted by atomic mass is 35.5. The summed E-state index contributed by atoms with van der Waals surface area (Å²) in [4.78, 5) is 23.5. The van der Waals surface area contributed by atoms with Crippen LogP contribution in [0.15, 0.2) is 54.7 Å². The van der Waals surface area contributed by atoms with Crippen LogP contribution < -0.4 is 4.74 Å². The van der Waals surface area contributed by atoms with Crippen LogP contribution in [0.4, 0.5) is 0 Å². The average Bonchev–Trinajstić information content (AvgIpc) is 2.83. The Hall–Kier alpha value is -2.96. The van der Waals surface area contributed by atoms with Crippen LogP contribution in [0.3, 0.4) is 0 Å². The number of esters is 1. The Bertz CT molecular complexity index is 1120. The number of fused-ring (bicyclic) bond motifs is 1. The predicted octanol–water partition coefficient (Wildman–Crippen LogP) is 5.32.